The fourth-order valence-corrected chi connectivity index (χ4v) is 2.51. The normalized spacial score (nSPS) is 14.8. The van der Waals surface area contributed by atoms with Crippen molar-refractivity contribution in [2.75, 3.05) is 11.9 Å². The van der Waals surface area contributed by atoms with Crippen LogP contribution in [0.25, 0.3) is 0 Å². The average Bonchev–Trinajstić information content (AvgIpc) is 2.45. The van der Waals surface area contributed by atoms with Crippen molar-refractivity contribution >= 4 is 18.1 Å². The first-order valence-electron chi connectivity index (χ1n) is 7.81. The van der Waals surface area contributed by atoms with Crippen molar-refractivity contribution < 1.29 is 9.59 Å². The summed E-state index contributed by atoms with van der Waals surface area (Å²) in [5.41, 5.74) is 1.64. The van der Waals surface area contributed by atoms with E-state index in [0.29, 0.717) is 24.7 Å². The van der Waals surface area contributed by atoms with E-state index in [-0.39, 0.29) is 6.03 Å². The molecule has 5 heteroatoms. The highest BCUT2D eigenvalue weighted by molar-refractivity contribution is 5.91. The van der Waals surface area contributed by atoms with Crippen LogP contribution in [0.5, 0.6) is 0 Å². The molecule has 0 spiro atoms. The second-order valence-electron chi connectivity index (χ2n) is 7.17. The number of fused-ring (bicyclic) bond motifs is 1. The molecule has 2 amide bonds. The number of carbonyl (C=O) groups excluding carboxylic acids is 2. The fraction of sp³-hybridized carbons (Fsp3) is 0.588. The van der Waals surface area contributed by atoms with E-state index in [4.69, 9.17) is 0 Å². The van der Waals surface area contributed by atoms with Crippen LogP contribution in [-0.2, 0) is 17.8 Å². The molecular formula is C17H25N3O2. The molecule has 0 aliphatic carbocycles. The van der Waals surface area contributed by atoms with Crippen LogP contribution in [0, 0.1) is 11.3 Å². The molecule has 1 N–H and O–H groups in total. The predicted molar refractivity (Wildman–Crippen MR) is 86.7 cm³/mol. The number of hydrogen-bond donors (Lipinski definition) is 1. The van der Waals surface area contributed by atoms with Gasteiger partial charge >= 0.3 is 6.03 Å². The summed E-state index contributed by atoms with van der Waals surface area (Å²) in [5, 5.41) is 2.84. The molecule has 5 nitrogen and oxygen atoms in total. The Balaban J connectivity index is 2.14. The third-order valence-corrected chi connectivity index (χ3v) is 3.85. The van der Waals surface area contributed by atoms with Gasteiger partial charge < -0.3 is 9.69 Å². The Bertz CT molecular complexity index is 567. The summed E-state index contributed by atoms with van der Waals surface area (Å²) in [7, 11) is 0. The number of aldehydes is 1. The number of amides is 2. The van der Waals surface area contributed by atoms with Gasteiger partial charge in [-0.25, -0.2) is 9.78 Å². The lowest BCUT2D eigenvalue weighted by Crippen LogP contribution is -2.40. The molecule has 0 atom stereocenters. The Morgan fingerprint density at radius 1 is 1.45 bits per heavy atom. The van der Waals surface area contributed by atoms with E-state index in [9.17, 15) is 9.59 Å². The highest BCUT2D eigenvalue weighted by Crippen LogP contribution is 2.25. The average molecular weight is 303 g/mol. The molecule has 1 aliphatic heterocycles. The molecule has 0 saturated carbocycles. The summed E-state index contributed by atoms with van der Waals surface area (Å²) in [6.45, 7) is 9.45. The van der Waals surface area contributed by atoms with Gasteiger partial charge in [0.25, 0.3) is 0 Å². The first-order valence-corrected chi connectivity index (χ1v) is 7.81. The lowest BCUT2D eigenvalue weighted by atomic mass is 9.87. The zero-order chi connectivity index (χ0) is 16.3. The minimum absolute atomic E-state index is 0.0818. The van der Waals surface area contributed by atoms with Crippen LogP contribution in [-0.4, -0.2) is 28.7 Å². The molecule has 120 valence electrons. The van der Waals surface area contributed by atoms with Gasteiger partial charge in [0, 0.05) is 23.7 Å². The molecule has 0 unspecified atom stereocenters. The predicted octanol–water partition coefficient (Wildman–Crippen LogP) is 3.24. The van der Waals surface area contributed by atoms with Crippen LogP contribution in [0.3, 0.4) is 0 Å². The van der Waals surface area contributed by atoms with Crippen LogP contribution in [0.4, 0.5) is 10.6 Å². The minimum atomic E-state index is -0.398. The SMILES string of the molecule is CC(C)CCN1Cc2cc(CC(C)(C)C=O)cnc2NC1=O. The highest BCUT2D eigenvalue weighted by atomic mass is 16.2. The molecule has 22 heavy (non-hydrogen) atoms. The molecule has 0 radical (unpaired) electrons. The number of hydrogen-bond acceptors (Lipinski definition) is 3. The number of carbonyl (C=O) groups is 2. The van der Waals surface area contributed by atoms with Crippen molar-refractivity contribution in [2.24, 2.45) is 11.3 Å². The van der Waals surface area contributed by atoms with Gasteiger partial charge in [0.1, 0.15) is 12.1 Å². The summed E-state index contributed by atoms with van der Waals surface area (Å²) in [5.74, 6) is 1.20. The molecule has 0 fully saturated rings. The molecule has 0 aromatic carbocycles. The Labute approximate surface area is 132 Å². The van der Waals surface area contributed by atoms with Crippen LogP contribution in [0.2, 0.25) is 0 Å². The molecular weight excluding hydrogens is 278 g/mol. The van der Waals surface area contributed by atoms with Gasteiger partial charge in [-0.3, -0.25) is 5.32 Å². The molecule has 1 aromatic rings. The Kier molecular flexibility index (Phi) is 4.84. The topological polar surface area (TPSA) is 62.3 Å². The van der Waals surface area contributed by atoms with Gasteiger partial charge in [-0.2, -0.15) is 0 Å². The maximum Gasteiger partial charge on any atom is 0.323 e. The van der Waals surface area contributed by atoms with E-state index in [2.05, 4.69) is 30.2 Å². The van der Waals surface area contributed by atoms with Crippen molar-refractivity contribution in [3.8, 4) is 0 Å². The van der Waals surface area contributed by atoms with Crippen molar-refractivity contribution in [1.29, 1.82) is 0 Å². The lowest BCUT2D eigenvalue weighted by Gasteiger charge is -2.29. The molecule has 2 rings (SSSR count). The third-order valence-electron chi connectivity index (χ3n) is 3.85. The highest BCUT2D eigenvalue weighted by Gasteiger charge is 2.25. The lowest BCUT2D eigenvalue weighted by molar-refractivity contribution is -0.114. The van der Waals surface area contributed by atoms with Gasteiger partial charge in [-0.1, -0.05) is 27.7 Å². The minimum Gasteiger partial charge on any atom is -0.320 e. The Morgan fingerprint density at radius 3 is 2.82 bits per heavy atom. The summed E-state index contributed by atoms with van der Waals surface area (Å²) in [6, 6.07) is 1.97. The first kappa shape index (κ1) is 16.5. The summed E-state index contributed by atoms with van der Waals surface area (Å²) in [6.07, 6.45) is 4.35. The standard InChI is InChI=1S/C17H25N3O2/c1-12(2)5-6-20-10-14-7-13(8-17(3,4)11-21)9-18-15(14)19-16(20)22/h7,9,11-12H,5-6,8,10H2,1-4H3,(H,18,19,22). The Hall–Kier alpha value is -1.91. The molecule has 0 saturated heterocycles. The van der Waals surface area contributed by atoms with E-state index in [1.165, 1.54) is 0 Å². The van der Waals surface area contributed by atoms with E-state index < -0.39 is 5.41 Å². The van der Waals surface area contributed by atoms with Gasteiger partial charge in [-0.05, 0) is 30.4 Å². The van der Waals surface area contributed by atoms with Gasteiger partial charge in [0.2, 0.25) is 0 Å². The second kappa shape index (κ2) is 6.46. The number of rotatable bonds is 6. The number of pyridine rings is 1. The van der Waals surface area contributed by atoms with Gasteiger partial charge in [0.15, 0.2) is 0 Å². The molecule has 1 aromatic heterocycles. The zero-order valence-corrected chi connectivity index (χ0v) is 13.8. The van der Waals surface area contributed by atoms with E-state index in [0.717, 1.165) is 30.4 Å². The van der Waals surface area contributed by atoms with Crippen LogP contribution in [0.15, 0.2) is 12.3 Å². The largest absolute Gasteiger partial charge is 0.323 e. The van der Waals surface area contributed by atoms with E-state index in [1.54, 1.807) is 6.20 Å². The van der Waals surface area contributed by atoms with Crippen LogP contribution >= 0.6 is 0 Å². The monoisotopic (exact) mass is 303 g/mol. The van der Waals surface area contributed by atoms with Crippen molar-refractivity contribution in [1.82, 2.24) is 9.88 Å². The zero-order valence-electron chi connectivity index (χ0n) is 13.8. The number of nitrogens with zero attached hydrogens (tertiary/aromatic N) is 2. The smallest absolute Gasteiger partial charge is 0.320 e. The van der Waals surface area contributed by atoms with Crippen molar-refractivity contribution in [2.45, 2.75) is 47.1 Å². The molecule has 2 heterocycles. The maximum atomic E-state index is 12.1. The molecule has 1 aliphatic rings. The van der Waals surface area contributed by atoms with Crippen molar-refractivity contribution in [3.63, 3.8) is 0 Å². The Morgan fingerprint density at radius 2 is 2.18 bits per heavy atom. The van der Waals surface area contributed by atoms with Crippen LogP contribution in [0.1, 0.15) is 45.2 Å². The van der Waals surface area contributed by atoms with Crippen LogP contribution < -0.4 is 5.32 Å². The second-order valence-corrected chi connectivity index (χ2v) is 7.17. The van der Waals surface area contributed by atoms with Gasteiger partial charge in [0.05, 0.1) is 6.54 Å². The quantitative estimate of drug-likeness (QED) is 0.821. The first-order chi connectivity index (χ1) is 10.3. The summed E-state index contributed by atoms with van der Waals surface area (Å²) in [4.78, 5) is 29.3. The number of nitrogens with one attached hydrogen (secondary N) is 1. The number of aromatic nitrogens is 1. The number of anilines is 1. The fourth-order valence-electron chi connectivity index (χ4n) is 2.51. The van der Waals surface area contributed by atoms with E-state index >= 15 is 0 Å². The summed E-state index contributed by atoms with van der Waals surface area (Å²) < 4.78 is 0. The third kappa shape index (κ3) is 4.06. The summed E-state index contributed by atoms with van der Waals surface area (Å²) >= 11 is 0. The van der Waals surface area contributed by atoms with E-state index in [1.807, 2.05) is 18.7 Å². The number of urea groups is 1. The maximum absolute atomic E-state index is 12.1. The van der Waals surface area contributed by atoms with Crippen molar-refractivity contribution in [3.05, 3.63) is 23.4 Å². The van der Waals surface area contributed by atoms with Gasteiger partial charge in [-0.15, -0.1) is 0 Å². The molecule has 0 bridgehead atoms.